The number of carbonyl (C=O) groups is 1. The van der Waals surface area contributed by atoms with E-state index in [9.17, 15) is 4.79 Å². The van der Waals surface area contributed by atoms with Gasteiger partial charge in [0.2, 0.25) is 5.91 Å². The molecule has 1 aliphatic heterocycles. The quantitative estimate of drug-likeness (QED) is 0.644. The zero-order chi connectivity index (χ0) is 9.10. The summed E-state index contributed by atoms with van der Waals surface area (Å²) in [5, 5.41) is 3.11. The van der Waals surface area contributed by atoms with E-state index in [0.717, 1.165) is 13.1 Å². The van der Waals surface area contributed by atoms with Crippen molar-refractivity contribution in [1.82, 2.24) is 10.2 Å². The molecule has 1 amide bonds. The molecule has 0 bridgehead atoms. The Hall–Kier alpha value is -0.610. The van der Waals surface area contributed by atoms with E-state index in [1.54, 1.807) is 0 Å². The van der Waals surface area contributed by atoms with E-state index < -0.39 is 0 Å². The molecule has 0 atom stereocenters. The van der Waals surface area contributed by atoms with E-state index in [1.807, 2.05) is 0 Å². The van der Waals surface area contributed by atoms with Gasteiger partial charge in [-0.05, 0) is 12.8 Å². The van der Waals surface area contributed by atoms with Gasteiger partial charge in [-0.2, -0.15) is 0 Å². The van der Waals surface area contributed by atoms with Crippen molar-refractivity contribution in [3.8, 4) is 0 Å². The van der Waals surface area contributed by atoms with Gasteiger partial charge in [-0.1, -0.05) is 19.3 Å². The highest BCUT2D eigenvalue weighted by molar-refractivity contribution is 5.79. The molecule has 82 valence electrons. The number of nitrogens with one attached hydrogen (secondary N) is 1. The van der Waals surface area contributed by atoms with Crippen molar-refractivity contribution in [2.24, 2.45) is 0 Å². The summed E-state index contributed by atoms with van der Waals surface area (Å²) in [4.78, 5) is 13.6. The van der Waals surface area contributed by atoms with Crippen LogP contribution in [0.1, 0.15) is 32.1 Å². The fourth-order valence-corrected chi connectivity index (χ4v) is 2.40. The Morgan fingerprint density at radius 1 is 1.21 bits per heavy atom. The van der Waals surface area contributed by atoms with Crippen LogP contribution in [-0.2, 0) is 4.79 Å². The molecular formula is C10H20N2O2. The standard InChI is InChI=1S/C10H18N2O.H2O/c13-10-8-11-6-7-12(10)9-4-2-1-3-5-9;/h9,11H,1-8H2;1H2. The summed E-state index contributed by atoms with van der Waals surface area (Å²) >= 11 is 0. The summed E-state index contributed by atoms with van der Waals surface area (Å²) in [6, 6.07) is 0.559. The fourth-order valence-electron chi connectivity index (χ4n) is 2.40. The topological polar surface area (TPSA) is 63.8 Å². The van der Waals surface area contributed by atoms with Gasteiger partial charge in [-0.3, -0.25) is 4.79 Å². The molecule has 4 nitrogen and oxygen atoms in total. The smallest absolute Gasteiger partial charge is 0.236 e. The first-order valence-corrected chi connectivity index (χ1v) is 5.38. The fraction of sp³-hybridized carbons (Fsp3) is 0.900. The molecule has 4 heteroatoms. The van der Waals surface area contributed by atoms with E-state index in [-0.39, 0.29) is 5.48 Å². The number of amides is 1. The van der Waals surface area contributed by atoms with Gasteiger partial charge in [0.05, 0.1) is 6.54 Å². The highest BCUT2D eigenvalue weighted by atomic mass is 16.2. The largest absolute Gasteiger partial charge is 0.412 e. The van der Waals surface area contributed by atoms with Crippen molar-refractivity contribution in [3.05, 3.63) is 0 Å². The molecule has 1 saturated heterocycles. The second-order valence-electron chi connectivity index (χ2n) is 4.06. The summed E-state index contributed by atoms with van der Waals surface area (Å²) in [7, 11) is 0. The lowest BCUT2D eigenvalue weighted by molar-refractivity contribution is -0.135. The summed E-state index contributed by atoms with van der Waals surface area (Å²) in [6.45, 7) is 2.45. The number of carbonyl (C=O) groups excluding carboxylic acids is 1. The van der Waals surface area contributed by atoms with Gasteiger partial charge in [-0.15, -0.1) is 0 Å². The molecular weight excluding hydrogens is 180 g/mol. The highest BCUT2D eigenvalue weighted by Crippen LogP contribution is 2.22. The predicted molar refractivity (Wildman–Crippen MR) is 55.1 cm³/mol. The van der Waals surface area contributed by atoms with Crippen LogP contribution in [0.5, 0.6) is 0 Å². The molecule has 0 aromatic carbocycles. The number of hydrogen-bond acceptors (Lipinski definition) is 2. The summed E-state index contributed by atoms with van der Waals surface area (Å²) < 4.78 is 0. The minimum absolute atomic E-state index is 0. The normalized spacial score (nSPS) is 24.6. The maximum Gasteiger partial charge on any atom is 0.236 e. The third-order valence-electron chi connectivity index (χ3n) is 3.14. The SMILES string of the molecule is O.O=C1CNCCN1C1CCCCC1. The lowest BCUT2D eigenvalue weighted by atomic mass is 9.94. The molecule has 1 heterocycles. The van der Waals surface area contributed by atoms with Gasteiger partial charge in [0.1, 0.15) is 0 Å². The van der Waals surface area contributed by atoms with Crippen molar-refractivity contribution in [2.75, 3.05) is 19.6 Å². The molecule has 0 aromatic heterocycles. The average molecular weight is 200 g/mol. The first-order chi connectivity index (χ1) is 6.38. The van der Waals surface area contributed by atoms with E-state index in [0.29, 0.717) is 18.5 Å². The first kappa shape index (κ1) is 11.5. The molecule has 14 heavy (non-hydrogen) atoms. The van der Waals surface area contributed by atoms with Gasteiger partial charge >= 0.3 is 0 Å². The first-order valence-electron chi connectivity index (χ1n) is 5.38. The number of rotatable bonds is 1. The lowest BCUT2D eigenvalue weighted by Crippen LogP contribution is -2.52. The van der Waals surface area contributed by atoms with Gasteiger partial charge in [0.25, 0.3) is 0 Å². The number of piperazine rings is 1. The second kappa shape index (κ2) is 5.32. The van der Waals surface area contributed by atoms with Crippen LogP contribution in [0.25, 0.3) is 0 Å². The van der Waals surface area contributed by atoms with Crippen molar-refractivity contribution in [2.45, 2.75) is 38.1 Å². The van der Waals surface area contributed by atoms with Gasteiger partial charge in [0, 0.05) is 19.1 Å². The second-order valence-corrected chi connectivity index (χ2v) is 4.06. The van der Waals surface area contributed by atoms with Crippen LogP contribution in [0.15, 0.2) is 0 Å². The summed E-state index contributed by atoms with van der Waals surface area (Å²) in [6.07, 6.45) is 6.43. The monoisotopic (exact) mass is 200 g/mol. The predicted octanol–water partition coefficient (Wildman–Crippen LogP) is -0.0738. The van der Waals surface area contributed by atoms with Crippen LogP contribution in [0, 0.1) is 0 Å². The highest BCUT2D eigenvalue weighted by Gasteiger charge is 2.26. The molecule has 2 fully saturated rings. The lowest BCUT2D eigenvalue weighted by Gasteiger charge is -2.37. The Balaban J connectivity index is 0.000000980. The van der Waals surface area contributed by atoms with Crippen molar-refractivity contribution < 1.29 is 10.3 Å². The zero-order valence-electron chi connectivity index (χ0n) is 8.59. The van der Waals surface area contributed by atoms with E-state index in [1.165, 1.54) is 32.1 Å². The Morgan fingerprint density at radius 2 is 1.93 bits per heavy atom. The number of hydrogen-bond donors (Lipinski definition) is 1. The van der Waals surface area contributed by atoms with E-state index >= 15 is 0 Å². The molecule has 0 radical (unpaired) electrons. The Morgan fingerprint density at radius 3 is 2.57 bits per heavy atom. The van der Waals surface area contributed by atoms with Crippen LogP contribution >= 0.6 is 0 Å². The minimum atomic E-state index is 0. The van der Waals surface area contributed by atoms with Crippen LogP contribution in [0.2, 0.25) is 0 Å². The van der Waals surface area contributed by atoms with Gasteiger partial charge < -0.3 is 15.7 Å². The van der Waals surface area contributed by atoms with Crippen LogP contribution in [0.4, 0.5) is 0 Å². The molecule has 2 aliphatic rings. The summed E-state index contributed by atoms with van der Waals surface area (Å²) in [5.74, 6) is 0.304. The minimum Gasteiger partial charge on any atom is -0.412 e. The van der Waals surface area contributed by atoms with E-state index in [2.05, 4.69) is 10.2 Å². The van der Waals surface area contributed by atoms with Crippen molar-refractivity contribution >= 4 is 5.91 Å². The zero-order valence-corrected chi connectivity index (χ0v) is 8.59. The molecule has 3 N–H and O–H groups in total. The molecule has 1 saturated carbocycles. The van der Waals surface area contributed by atoms with Crippen molar-refractivity contribution in [3.63, 3.8) is 0 Å². The maximum absolute atomic E-state index is 11.6. The average Bonchev–Trinajstić information content (AvgIpc) is 2.20. The number of nitrogens with zero attached hydrogens (tertiary/aromatic N) is 1. The maximum atomic E-state index is 11.6. The molecule has 0 spiro atoms. The Kier molecular flexibility index (Phi) is 4.35. The van der Waals surface area contributed by atoms with Gasteiger partial charge in [0.15, 0.2) is 0 Å². The third kappa shape index (κ3) is 2.45. The van der Waals surface area contributed by atoms with Crippen LogP contribution in [0.3, 0.4) is 0 Å². The van der Waals surface area contributed by atoms with Crippen LogP contribution in [-0.4, -0.2) is 42.0 Å². The molecule has 1 aliphatic carbocycles. The van der Waals surface area contributed by atoms with E-state index in [4.69, 9.17) is 0 Å². The third-order valence-corrected chi connectivity index (χ3v) is 3.14. The van der Waals surface area contributed by atoms with Crippen LogP contribution < -0.4 is 5.32 Å². The van der Waals surface area contributed by atoms with Crippen molar-refractivity contribution in [1.29, 1.82) is 0 Å². The summed E-state index contributed by atoms with van der Waals surface area (Å²) in [5.41, 5.74) is 0. The van der Waals surface area contributed by atoms with Gasteiger partial charge in [-0.25, -0.2) is 0 Å². The Bertz CT molecular complexity index is 191. The molecule has 2 rings (SSSR count). The Labute approximate surface area is 85.0 Å². The molecule has 0 aromatic rings. The molecule has 0 unspecified atom stereocenters.